The van der Waals surface area contributed by atoms with Gasteiger partial charge in [0.15, 0.2) is 0 Å². The number of aliphatic hydroxyl groups is 2. The Balaban J connectivity index is 1.49. The number of halogens is 1. The summed E-state index contributed by atoms with van der Waals surface area (Å²) in [4.78, 5) is 0. The van der Waals surface area contributed by atoms with Gasteiger partial charge >= 0.3 is 0 Å². The van der Waals surface area contributed by atoms with Gasteiger partial charge in [0.2, 0.25) is 0 Å². The molecule has 32 heavy (non-hydrogen) atoms. The maximum absolute atomic E-state index is 13.4. The van der Waals surface area contributed by atoms with E-state index in [1.807, 2.05) is 42.1 Å². The molecule has 1 heterocycles. The molecule has 0 bridgehead atoms. The molecule has 2 aromatic carbocycles. The van der Waals surface area contributed by atoms with Gasteiger partial charge in [0.05, 0.1) is 23.7 Å². The number of rotatable bonds is 5. The van der Waals surface area contributed by atoms with Crippen LogP contribution in [0.25, 0.3) is 11.8 Å². The highest BCUT2D eigenvalue weighted by atomic mass is 19.1. The highest BCUT2D eigenvalue weighted by Crippen LogP contribution is 2.62. The smallest absolute Gasteiger partial charge is 0.123 e. The Morgan fingerprint density at radius 3 is 2.69 bits per heavy atom. The van der Waals surface area contributed by atoms with Gasteiger partial charge in [-0.05, 0) is 74.1 Å². The first kappa shape index (κ1) is 21.1. The minimum absolute atomic E-state index is 0.0329. The van der Waals surface area contributed by atoms with Crippen molar-refractivity contribution in [3.05, 3.63) is 88.5 Å². The summed E-state index contributed by atoms with van der Waals surface area (Å²) in [5, 5.41) is 26.3. The lowest BCUT2D eigenvalue weighted by atomic mass is 9.59. The van der Waals surface area contributed by atoms with Crippen LogP contribution in [-0.4, -0.2) is 26.6 Å². The topological polar surface area (TPSA) is 58.3 Å². The molecular formula is C27H29FN2O2. The van der Waals surface area contributed by atoms with Crippen molar-refractivity contribution >= 4 is 6.08 Å². The third-order valence-electron chi connectivity index (χ3n) is 7.88. The van der Waals surface area contributed by atoms with Crippen LogP contribution >= 0.6 is 0 Å². The first-order valence-corrected chi connectivity index (χ1v) is 11.2. The van der Waals surface area contributed by atoms with Crippen molar-refractivity contribution in [1.29, 1.82) is 0 Å². The molecule has 3 aromatic rings. The Kier molecular flexibility index (Phi) is 5.06. The maximum atomic E-state index is 13.4. The van der Waals surface area contributed by atoms with E-state index in [1.54, 1.807) is 12.1 Å². The van der Waals surface area contributed by atoms with E-state index in [0.29, 0.717) is 6.42 Å². The Morgan fingerprint density at radius 2 is 1.97 bits per heavy atom. The van der Waals surface area contributed by atoms with Gasteiger partial charge < -0.3 is 10.2 Å². The number of fused-ring (bicyclic) bond motifs is 2. The van der Waals surface area contributed by atoms with Crippen molar-refractivity contribution in [1.82, 2.24) is 9.78 Å². The summed E-state index contributed by atoms with van der Waals surface area (Å²) in [7, 11) is 0. The fourth-order valence-corrected chi connectivity index (χ4v) is 5.83. The molecule has 2 aliphatic carbocycles. The van der Waals surface area contributed by atoms with Crippen molar-refractivity contribution in [2.75, 3.05) is 6.61 Å². The van der Waals surface area contributed by atoms with E-state index in [1.165, 1.54) is 17.7 Å². The van der Waals surface area contributed by atoms with Gasteiger partial charge in [0, 0.05) is 17.4 Å². The van der Waals surface area contributed by atoms with Gasteiger partial charge in [0.25, 0.3) is 0 Å². The molecule has 5 heteroatoms. The van der Waals surface area contributed by atoms with E-state index >= 15 is 0 Å². The zero-order valence-corrected chi connectivity index (χ0v) is 18.6. The molecule has 1 saturated carbocycles. The second kappa shape index (κ2) is 7.68. The number of hydrogen-bond acceptors (Lipinski definition) is 3. The van der Waals surface area contributed by atoms with Gasteiger partial charge in [-0.25, -0.2) is 9.07 Å². The van der Waals surface area contributed by atoms with E-state index in [0.717, 1.165) is 47.3 Å². The van der Waals surface area contributed by atoms with E-state index in [2.05, 4.69) is 18.1 Å². The average molecular weight is 433 g/mol. The zero-order chi connectivity index (χ0) is 22.5. The Hall–Kier alpha value is -2.76. The molecule has 2 N–H and O–H groups in total. The van der Waals surface area contributed by atoms with Crippen LogP contribution in [0, 0.1) is 23.6 Å². The summed E-state index contributed by atoms with van der Waals surface area (Å²) in [5.74, 6) is -0.267. The molecule has 0 amide bonds. The minimum Gasteiger partial charge on any atom is -0.396 e. The summed E-state index contributed by atoms with van der Waals surface area (Å²) in [5.41, 5.74) is 5.62. The van der Waals surface area contributed by atoms with Crippen molar-refractivity contribution in [2.45, 2.75) is 45.6 Å². The molecule has 166 valence electrons. The highest BCUT2D eigenvalue weighted by Gasteiger charge is 2.56. The second-order valence-corrected chi connectivity index (χ2v) is 9.69. The molecule has 0 saturated heterocycles. The molecular weight excluding hydrogens is 403 g/mol. The lowest BCUT2D eigenvalue weighted by molar-refractivity contribution is -0.0138. The third-order valence-corrected chi connectivity index (χ3v) is 7.88. The largest absolute Gasteiger partial charge is 0.396 e. The van der Waals surface area contributed by atoms with Crippen LogP contribution in [0.5, 0.6) is 0 Å². The number of nitrogens with zero attached hydrogens (tertiary/aromatic N) is 2. The number of aromatic nitrogens is 2. The summed E-state index contributed by atoms with van der Waals surface area (Å²) >= 11 is 0. The van der Waals surface area contributed by atoms with Crippen LogP contribution in [0.2, 0.25) is 0 Å². The molecule has 0 aliphatic heterocycles. The fraction of sp³-hybridized carbons (Fsp3) is 0.370. The number of hydrogen-bond donors (Lipinski definition) is 2. The standard InChI is InChI=1S/C27H29FN2O2/c1-18-4-3-5-19(12-18)25(32)15-27(17-31)11-10-21-13-24-20(14-26(21,27)2)16-29-30(24)23-8-6-22(28)7-9-23/h3-9,12-13,16,25,31-32H,10-11,14-15,17H2,1-2H3/t25?,26-,27-/m0/s1. The van der Waals surface area contributed by atoms with Crippen LogP contribution in [-0.2, 0) is 6.42 Å². The summed E-state index contributed by atoms with van der Waals surface area (Å²) < 4.78 is 15.2. The van der Waals surface area contributed by atoms with E-state index < -0.39 is 11.5 Å². The number of benzene rings is 2. The quantitative estimate of drug-likeness (QED) is 0.585. The normalized spacial score (nSPS) is 25.2. The molecule has 1 aromatic heterocycles. The Bertz CT molecular complexity index is 1180. The van der Waals surface area contributed by atoms with Gasteiger partial charge in [-0.2, -0.15) is 5.10 Å². The summed E-state index contributed by atoms with van der Waals surface area (Å²) in [6, 6.07) is 14.3. The lowest BCUT2D eigenvalue weighted by Gasteiger charge is -2.46. The molecule has 3 atom stereocenters. The third kappa shape index (κ3) is 3.23. The predicted octanol–water partition coefficient (Wildman–Crippen LogP) is 5.16. The molecule has 1 unspecified atom stereocenters. The summed E-state index contributed by atoms with van der Waals surface area (Å²) in [6.45, 7) is 4.28. The van der Waals surface area contributed by atoms with Crippen LogP contribution in [0.4, 0.5) is 4.39 Å². The van der Waals surface area contributed by atoms with Crippen LogP contribution in [0.15, 0.2) is 60.3 Å². The van der Waals surface area contributed by atoms with Crippen molar-refractivity contribution in [2.24, 2.45) is 10.8 Å². The zero-order valence-electron chi connectivity index (χ0n) is 18.6. The predicted molar refractivity (Wildman–Crippen MR) is 123 cm³/mol. The number of aliphatic hydroxyl groups excluding tert-OH is 2. The van der Waals surface area contributed by atoms with Gasteiger partial charge in [-0.3, -0.25) is 0 Å². The first-order valence-electron chi connectivity index (χ1n) is 11.2. The number of aryl methyl sites for hydroxylation is 1. The molecule has 4 nitrogen and oxygen atoms in total. The molecule has 2 aliphatic rings. The van der Waals surface area contributed by atoms with Crippen LogP contribution in [0.1, 0.15) is 54.7 Å². The van der Waals surface area contributed by atoms with Crippen LogP contribution in [0.3, 0.4) is 0 Å². The molecule has 1 fully saturated rings. The van der Waals surface area contributed by atoms with E-state index in [-0.39, 0.29) is 17.8 Å². The monoisotopic (exact) mass is 432 g/mol. The fourth-order valence-electron chi connectivity index (χ4n) is 5.83. The van der Waals surface area contributed by atoms with Gasteiger partial charge in [-0.15, -0.1) is 0 Å². The summed E-state index contributed by atoms with van der Waals surface area (Å²) in [6.07, 6.45) is 6.45. The highest BCUT2D eigenvalue weighted by molar-refractivity contribution is 5.62. The van der Waals surface area contributed by atoms with Crippen molar-refractivity contribution in [3.63, 3.8) is 0 Å². The van der Waals surface area contributed by atoms with Gasteiger partial charge in [-0.1, -0.05) is 42.3 Å². The second-order valence-electron chi connectivity index (χ2n) is 9.69. The van der Waals surface area contributed by atoms with Gasteiger partial charge in [0.1, 0.15) is 5.82 Å². The average Bonchev–Trinajstić information content (AvgIpc) is 3.30. The molecule has 0 spiro atoms. The molecule has 0 radical (unpaired) electrons. The lowest BCUT2D eigenvalue weighted by Crippen LogP contribution is -2.43. The molecule has 5 rings (SSSR count). The Morgan fingerprint density at radius 1 is 1.19 bits per heavy atom. The van der Waals surface area contributed by atoms with E-state index in [9.17, 15) is 14.6 Å². The van der Waals surface area contributed by atoms with Crippen molar-refractivity contribution < 1.29 is 14.6 Å². The SMILES string of the molecule is Cc1cccc(C(O)C[C@]2(CO)CCC3=Cc4c(cnn4-c4ccc(F)cc4)C[C@@]32C)c1. The van der Waals surface area contributed by atoms with Crippen molar-refractivity contribution in [3.8, 4) is 5.69 Å². The maximum Gasteiger partial charge on any atom is 0.123 e. The minimum atomic E-state index is -0.624. The first-order chi connectivity index (χ1) is 15.3. The Labute approximate surface area is 188 Å². The van der Waals surface area contributed by atoms with Crippen LogP contribution < -0.4 is 0 Å². The van der Waals surface area contributed by atoms with E-state index in [4.69, 9.17) is 0 Å². The number of allylic oxidation sites excluding steroid dienone is 1.